The number of carbonyl (C=O) groups excluding carboxylic acids is 1. The van der Waals surface area contributed by atoms with Gasteiger partial charge in [-0.25, -0.2) is 4.39 Å². The van der Waals surface area contributed by atoms with E-state index in [0.29, 0.717) is 12.2 Å². The van der Waals surface area contributed by atoms with Gasteiger partial charge in [-0.05, 0) is 25.3 Å². The molecule has 1 heterocycles. The van der Waals surface area contributed by atoms with Gasteiger partial charge in [0.1, 0.15) is 11.9 Å². The van der Waals surface area contributed by atoms with Gasteiger partial charge in [0.05, 0.1) is 0 Å². The zero-order chi connectivity index (χ0) is 12.1. The van der Waals surface area contributed by atoms with Crippen LogP contribution in [-0.2, 0) is 16.1 Å². The summed E-state index contributed by atoms with van der Waals surface area (Å²) < 4.78 is 18.7. The minimum atomic E-state index is -0.365. The largest absolute Gasteiger partial charge is 0.368 e. The van der Waals surface area contributed by atoms with Gasteiger partial charge in [-0.15, -0.1) is 0 Å². The average Bonchev–Trinajstić information content (AvgIpc) is 2.38. The number of halogens is 1. The van der Waals surface area contributed by atoms with Crippen LogP contribution in [0.3, 0.4) is 0 Å². The Bertz CT molecular complexity index is 389. The normalized spacial score (nSPS) is 19.9. The van der Waals surface area contributed by atoms with Crippen LogP contribution in [0.4, 0.5) is 4.39 Å². The highest BCUT2D eigenvalue weighted by Gasteiger charge is 2.21. The molecule has 2 rings (SSSR count). The highest BCUT2D eigenvalue weighted by molar-refractivity contribution is 5.80. The first-order valence-electron chi connectivity index (χ1n) is 5.90. The molecule has 0 bridgehead atoms. The van der Waals surface area contributed by atoms with Gasteiger partial charge in [0.2, 0.25) is 5.91 Å². The topological polar surface area (TPSA) is 38.3 Å². The third-order valence-electron chi connectivity index (χ3n) is 2.88. The smallest absolute Gasteiger partial charge is 0.249 e. The van der Waals surface area contributed by atoms with Gasteiger partial charge in [0.25, 0.3) is 0 Å². The molecule has 1 aromatic rings. The van der Waals surface area contributed by atoms with Crippen LogP contribution >= 0.6 is 0 Å². The first kappa shape index (κ1) is 12.0. The highest BCUT2D eigenvalue weighted by atomic mass is 19.1. The first-order chi connectivity index (χ1) is 8.27. The third kappa shape index (κ3) is 3.27. The SMILES string of the molecule is O=C(NCc1ccccc1F)C1CCCCO1. The van der Waals surface area contributed by atoms with E-state index < -0.39 is 0 Å². The molecular weight excluding hydrogens is 221 g/mol. The molecule has 17 heavy (non-hydrogen) atoms. The summed E-state index contributed by atoms with van der Waals surface area (Å²) in [6.45, 7) is 0.850. The predicted molar refractivity (Wildman–Crippen MR) is 61.8 cm³/mol. The van der Waals surface area contributed by atoms with Crippen LogP contribution in [0.2, 0.25) is 0 Å². The van der Waals surface area contributed by atoms with Crippen molar-refractivity contribution < 1.29 is 13.9 Å². The maximum absolute atomic E-state index is 13.3. The summed E-state index contributed by atoms with van der Waals surface area (Å²) in [4.78, 5) is 11.7. The van der Waals surface area contributed by atoms with E-state index >= 15 is 0 Å². The molecule has 1 unspecified atom stereocenters. The Balaban J connectivity index is 1.85. The second-order valence-electron chi connectivity index (χ2n) is 4.16. The van der Waals surface area contributed by atoms with E-state index in [4.69, 9.17) is 4.74 Å². The Kier molecular flexibility index (Phi) is 4.09. The number of carbonyl (C=O) groups is 1. The molecule has 1 N–H and O–H groups in total. The molecule has 92 valence electrons. The van der Waals surface area contributed by atoms with E-state index in [1.165, 1.54) is 6.07 Å². The van der Waals surface area contributed by atoms with Crippen molar-refractivity contribution >= 4 is 5.91 Å². The fraction of sp³-hybridized carbons (Fsp3) is 0.462. The standard InChI is InChI=1S/C13H16FNO2/c14-11-6-2-1-5-10(11)9-15-13(16)12-7-3-4-8-17-12/h1-2,5-6,12H,3-4,7-9H2,(H,15,16). The lowest BCUT2D eigenvalue weighted by Crippen LogP contribution is -2.38. The first-order valence-corrected chi connectivity index (χ1v) is 5.90. The van der Waals surface area contributed by atoms with E-state index in [1.807, 2.05) is 0 Å². The molecular formula is C13H16FNO2. The molecule has 0 radical (unpaired) electrons. The molecule has 0 spiro atoms. The molecule has 0 aliphatic carbocycles. The average molecular weight is 237 g/mol. The molecule has 1 saturated heterocycles. The summed E-state index contributed by atoms with van der Waals surface area (Å²) in [7, 11) is 0. The van der Waals surface area contributed by atoms with Crippen LogP contribution < -0.4 is 5.32 Å². The summed E-state index contributed by atoms with van der Waals surface area (Å²) in [5.74, 6) is -0.440. The van der Waals surface area contributed by atoms with E-state index in [-0.39, 0.29) is 24.4 Å². The zero-order valence-corrected chi connectivity index (χ0v) is 9.62. The van der Waals surface area contributed by atoms with Crippen molar-refractivity contribution in [2.24, 2.45) is 0 Å². The van der Waals surface area contributed by atoms with E-state index in [1.54, 1.807) is 18.2 Å². The fourth-order valence-corrected chi connectivity index (χ4v) is 1.89. The Morgan fingerprint density at radius 3 is 2.94 bits per heavy atom. The lowest BCUT2D eigenvalue weighted by molar-refractivity contribution is -0.135. The maximum Gasteiger partial charge on any atom is 0.249 e. The summed E-state index contributed by atoms with van der Waals surface area (Å²) in [5.41, 5.74) is 0.497. The van der Waals surface area contributed by atoms with Crippen molar-refractivity contribution in [1.29, 1.82) is 0 Å². The number of hydrogen-bond donors (Lipinski definition) is 1. The van der Waals surface area contributed by atoms with Crippen molar-refractivity contribution in [2.45, 2.75) is 31.9 Å². The van der Waals surface area contributed by atoms with Gasteiger partial charge in [-0.3, -0.25) is 4.79 Å². The molecule has 1 aliphatic heterocycles. The van der Waals surface area contributed by atoms with Gasteiger partial charge in [-0.1, -0.05) is 18.2 Å². The number of benzene rings is 1. The van der Waals surface area contributed by atoms with E-state index in [2.05, 4.69) is 5.32 Å². The number of rotatable bonds is 3. The Morgan fingerprint density at radius 2 is 2.24 bits per heavy atom. The molecule has 1 aromatic carbocycles. The molecule has 1 amide bonds. The minimum absolute atomic E-state index is 0.145. The van der Waals surface area contributed by atoms with Crippen LogP contribution in [-0.4, -0.2) is 18.6 Å². The van der Waals surface area contributed by atoms with Crippen molar-refractivity contribution in [2.75, 3.05) is 6.61 Å². The Morgan fingerprint density at radius 1 is 1.41 bits per heavy atom. The summed E-state index contributed by atoms with van der Waals surface area (Å²) >= 11 is 0. The lowest BCUT2D eigenvalue weighted by atomic mass is 10.1. The second kappa shape index (κ2) is 5.77. The van der Waals surface area contributed by atoms with Crippen LogP contribution in [0.5, 0.6) is 0 Å². The number of ether oxygens (including phenoxy) is 1. The van der Waals surface area contributed by atoms with Crippen LogP contribution in [0.1, 0.15) is 24.8 Å². The van der Waals surface area contributed by atoms with Crippen molar-refractivity contribution in [1.82, 2.24) is 5.32 Å². The maximum atomic E-state index is 13.3. The van der Waals surface area contributed by atoms with Gasteiger partial charge in [0, 0.05) is 18.7 Å². The summed E-state index contributed by atoms with van der Waals surface area (Å²) in [6.07, 6.45) is 2.41. The summed E-state index contributed by atoms with van der Waals surface area (Å²) in [6, 6.07) is 6.43. The van der Waals surface area contributed by atoms with Gasteiger partial charge in [-0.2, -0.15) is 0 Å². The van der Waals surface area contributed by atoms with Gasteiger partial charge in [0.15, 0.2) is 0 Å². The fourth-order valence-electron chi connectivity index (χ4n) is 1.89. The molecule has 3 nitrogen and oxygen atoms in total. The Hall–Kier alpha value is -1.42. The summed E-state index contributed by atoms with van der Waals surface area (Å²) in [5, 5.41) is 2.71. The monoisotopic (exact) mass is 237 g/mol. The highest BCUT2D eigenvalue weighted by Crippen LogP contribution is 2.13. The predicted octanol–water partition coefficient (Wildman–Crippen LogP) is 2.01. The lowest BCUT2D eigenvalue weighted by Gasteiger charge is -2.21. The Labute approximate surface area is 100.0 Å². The van der Waals surface area contributed by atoms with Crippen molar-refractivity contribution in [3.8, 4) is 0 Å². The van der Waals surface area contributed by atoms with Crippen molar-refractivity contribution in [3.05, 3.63) is 35.6 Å². The van der Waals surface area contributed by atoms with Gasteiger partial charge < -0.3 is 10.1 Å². The molecule has 0 aromatic heterocycles. The molecule has 0 saturated carbocycles. The minimum Gasteiger partial charge on any atom is -0.368 e. The zero-order valence-electron chi connectivity index (χ0n) is 9.62. The van der Waals surface area contributed by atoms with Crippen LogP contribution in [0, 0.1) is 5.82 Å². The van der Waals surface area contributed by atoms with Crippen molar-refractivity contribution in [3.63, 3.8) is 0 Å². The van der Waals surface area contributed by atoms with E-state index in [9.17, 15) is 9.18 Å². The quantitative estimate of drug-likeness (QED) is 0.873. The van der Waals surface area contributed by atoms with Crippen LogP contribution in [0.15, 0.2) is 24.3 Å². The molecule has 1 atom stereocenters. The molecule has 4 heteroatoms. The second-order valence-corrected chi connectivity index (χ2v) is 4.16. The number of hydrogen-bond acceptors (Lipinski definition) is 2. The number of amides is 1. The van der Waals surface area contributed by atoms with Crippen LogP contribution in [0.25, 0.3) is 0 Å². The molecule has 1 aliphatic rings. The van der Waals surface area contributed by atoms with E-state index in [0.717, 1.165) is 19.3 Å². The third-order valence-corrected chi connectivity index (χ3v) is 2.88. The molecule has 1 fully saturated rings. The number of nitrogens with one attached hydrogen (secondary N) is 1. The van der Waals surface area contributed by atoms with Gasteiger partial charge >= 0.3 is 0 Å².